The first-order valence-electron chi connectivity index (χ1n) is 6.98. The Labute approximate surface area is 132 Å². The van der Waals surface area contributed by atoms with Gasteiger partial charge < -0.3 is 10.4 Å². The normalized spacial score (nSPS) is 11.3. The summed E-state index contributed by atoms with van der Waals surface area (Å²) in [4.78, 5) is 22.3. The number of nitrogens with zero attached hydrogens (tertiary/aromatic N) is 3. The van der Waals surface area contributed by atoms with E-state index in [2.05, 4.69) is 10.4 Å². The maximum atomic E-state index is 12.1. The highest BCUT2D eigenvalue weighted by molar-refractivity contribution is 5.93. The number of non-ortho nitro benzene ring substituents is 1. The van der Waals surface area contributed by atoms with Crippen LogP contribution in [-0.2, 0) is 12.1 Å². The minimum absolute atomic E-state index is 0.0208. The molecule has 2 N–H and O–H groups in total. The van der Waals surface area contributed by atoms with Gasteiger partial charge in [-0.2, -0.15) is 5.10 Å². The Morgan fingerprint density at radius 3 is 2.70 bits per heavy atom. The van der Waals surface area contributed by atoms with Crippen LogP contribution in [0, 0.1) is 10.1 Å². The molecule has 0 saturated heterocycles. The van der Waals surface area contributed by atoms with E-state index in [4.69, 9.17) is 0 Å². The molecule has 1 aromatic carbocycles. The number of amides is 1. The van der Waals surface area contributed by atoms with Crippen LogP contribution in [0.3, 0.4) is 0 Å². The molecular weight excluding hydrogens is 300 g/mol. The second kappa shape index (κ2) is 6.07. The number of phenolic OH excluding ortho intramolecular Hbond substituents is 1. The van der Waals surface area contributed by atoms with Crippen molar-refractivity contribution in [2.45, 2.75) is 32.9 Å². The molecule has 122 valence electrons. The summed E-state index contributed by atoms with van der Waals surface area (Å²) in [6.07, 6.45) is 3.08. The van der Waals surface area contributed by atoms with Crippen LogP contribution in [0.4, 0.5) is 5.69 Å². The van der Waals surface area contributed by atoms with Crippen LogP contribution in [0.15, 0.2) is 30.6 Å². The van der Waals surface area contributed by atoms with E-state index in [0.717, 1.165) is 0 Å². The van der Waals surface area contributed by atoms with Crippen molar-refractivity contribution in [1.29, 1.82) is 0 Å². The van der Waals surface area contributed by atoms with Gasteiger partial charge >= 0.3 is 0 Å². The Bertz CT molecular complexity index is 746. The van der Waals surface area contributed by atoms with Gasteiger partial charge in [0.2, 0.25) is 0 Å². The molecule has 2 aromatic rings. The molecule has 0 spiro atoms. The number of nitro groups is 1. The fourth-order valence-electron chi connectivity index (χ4n) is 1.91. The fraction of sp³-hybridized carbons (Fsp3) is 0.333. The molecule has 0 bridgehead atoms. The van der Waals surface area contributed by atoms with E-state index in [9.17, 15) is 20.0 Å². The van der Waals surface area contributed by atoms with Gasteiger partial charge in [0.25, 0.3) is 11.6 Å². The molecule has 0 fully saturated rings. The number of hydrogen-bond donors (Lipinski definition) is 2. The van der Waals surface area contributed by atoms with E-state index in [1.54, 1.807) is 10.9 Å². The Hall–Kier alpha value is -2.90. The second-order valence-electron chi connectivity index (χ2n) is 6.10. The quantitative estimate of drug-likeness (QED) is 0.663. The van der Waals surface area contributed by atoms with Crippen LogP contribution in [-0.4, -0.2) is 25.7 Å². The lowest BCUT2D eigenvalue weighted by atomic mass is 10.1. The number of rotatable bonds is 4. The maximum Gasteiger partial charge on any atom is 0.270 e. The number of nitrogens with one attached hydrogen (secondary N) is 1. The molecule has 1 aromatic heterocycles. The smallest absolute Gasteiger partial charge is 0.270 e. The molecule has 0 aliphatic carbocycles. The van der Waals surface area contributed by atoms with E-state index in [1.807, 2.05) is 20.8 Å². The Balaban J connectivity index is 2.09. The Kier molecular flexibility index (Phi) is 4.35. The van der Waals surface area contributed by atoms with Crippen molar-refractivity contribution in [3.63, 3.8) is 0 Å². The summed E-state index contributed by atoms with van der Waals surface area (Å²) in [5.74, 6) is -0.479. The van der Waals surface area contributed by atoms with Crippen LogP contribution < -0.4 is 5.32 Å². The summed E-state index contributed by atoms with van der Waals surface area (Å²) in [6, 6.07) is 3.67. The van der Waals surface area contributed by atoms with Crippen molar-refractivity contribution < 1.29 is 14.8 Å². The standard InChI is InChI=1S/C15H18N4O4/c1-15(2,3)18-9-11(8-17-18)14(21)16-7-10-6-12(19(22)23)4-5-13(10)20/h4-6,8-9,20H,7H2,1-3H3,(H,16,21). The Morgan fingerprint density at radius 2 is 2.13 bits per heavy atom. The van der Waals surface area contributed by atoms with Crippen LogP contribution >= 0.6 is 0 Å². The third kappa shape index (κ3) is 3.85. The predicted molar refractivity (Wildman–Crippen MR) is 83.2 cm³/mol. The van der Waals surface area contributed by atoms with E-state index >= 15 is 0 Å². The first-order chi connectivity index (χ1) is 10.7. The summed E-state index contributed by atoms with van der Waals surface area (Å²) in [5, 5.41) is 27.2. The summed E-state index contributed by atoms with van der Waals surface area (Å²) in [6.45, 7) is 5.86. The molecule has 0 saturated carbocycles. The lowest BCUT2D eigenvalue weighted by Gasteiger charge is -2.18. The van der Waals surface area contributed by atoms with E-state index in [-0.39, 0.29) is 35.0 Å². The fourth-order valence-corrected chi connectivity index (χ4v) is 1.91. The molecule has 0 aliphatic heterocycles. The van der Waals surface area contributed by atoms with Crippen LogP contribution in [0.1, 0.15) is 36.7 Å². The van der Waals surface area contributed by atoms with Crippen molar-refractivity contribution in [1.82, 2.24) is 15.1 Å². The highest BCUT2D eigenvalue weighted by Gasteiger charge is 2.17. The number of carbonyl (C=O) groups excluding carboxylic acids is 1. The van der Waals surface area contributed by atoms with Gasteiger partial charge in [-0.1, -0.05) is 0 Å². The van der Waals surface area contributed by atoms with Crippen molar-refractivity contribution in [2.24, 2.45) is 0 Å². The van der Waals surface area contributed by atoms with Gasteiger partial charge in [0.1, 0.15) is 5.75 Å². The minimum atomic E-state index is -0.557. The number of phenols is 1. The topological polar surface area (TPSA) is 110 Å². The molecule has 0 radical (unpaired) electrons. The van der Waals surface area contributed by atoms with E-state index < -0.39 is 4.92 Å². The minimum Gasteiger partial charge on any atom is -0.508 e. The van der Waals surface area contributed by atoms with Crippen molar-refractivity contribution in [3.05, 3.63) is 51.8 Å². The second-order valence-corrected chi connectivity index (χ2v) is 6.10. The zero-order valence-electron chi connectivity index (χ0n) is 13.1. The first kappa shape index (κ1) is 16.5. The summed E-state index contributed by atoms with van der Waals surface area (Å²) >= 11 is 0. The van der Waals surface area contributed by atoms with Crippen LogP contribution in [0.25, 0.3) is 0 Å². The predicted octanol–water partition coefficient (Wildman–Crippen LogP) is 2.18. The number of aromatic hydroxyl groups is 1. The molecule has 8 nitrogen and oxygen atoms in total. The number of carbonyl (C=O) groups is 1. The first-order valence-corrected chi connectivity index (χ1v) is 6.98. The van der Waals surface area contributed by atoms with Crippen LogP contribution in [0.5, 0.6) is 5.75 Å². The highest BCUT2D eigenvalue weighted by Crippen LogP contribution is 2.22. The summed E-state index contributed by atoms with van der Waals surface area (Å²) < 4.78 is 1.67. The molecule has 0 unspecified atom stereocenters. The molecule has 23 heavy (non-hydrogen) atoms. The number of benzene rings is 1. The van der Waals surface area contributed by atoms with Gasteiger partial charge in [0.15, 0.2) is 0 Å². The molecule has 0 atom stereocenters. The van der Waals surface area contributed by atoms with Gasteiger partial charge in [-0.3, -0.25) is 19.6 Å². The van der Waals surface area contributed by atoms with Gasteiger partial charge in [0.05, 0.1) is 22.2 Å². The number of hydrogen-bond acceptors (Lipinski definition) is 5. The Morgan fingerprint density at radius 1 is 1.43 bits per heavy atom. The highest BCUT2D eigenvalue weighted by atomic mass is 16.6. The van der Waals surface area contributed by atoms with E-state index in [0.29, 0.717) is 5.56 Å². The van der Waals surface area contributed by atoms with E-state index in [1.165, 1.54) is 24.4 Å². The third-order valence-electron chi connectivity index (χ3n) is 3.25. The van der Waals surface area contributed by atoms with Gasteiger partial charge in [-0.15, -0.1) is 0 Å². The molecule has 0 aliphatic rings. The van der Waals surface area contributed by atoms with Crippen LogP contribution in [0.2, 0.25) is 0 Å². The van der Waals surface area contributed by atoms with Gasteiger partial charge in [-0.05, 0) is 26.8 Å². The summed E-state index contributed by atoms with van der Waals surface area (Å²) in [5.41, 5.74) is 0.268. The zero-order chi connectivity index (χ0) is 17.2. The lowest BCUT2D eigenvalue weighted by Crippen LogP contribution is -2.24. The zero-order valence-corrected chi connectivity index (χ0v) is 13.1. The molecule has 1 heterocycles. The molecule has 1 amide bonds. The molecular formula is C15H18N4O4. The average Bonchev–Trinajstić information content (AvgIpc) is 2.95. The SMILES string of the molecule is CC(C)(C)n1cc(C(=O)NCc2cc([N+](=O)[O-])ccc2O)cn1. The van der Waals surface area contributed by atoms with Crippen molar-refractivity contribution in [2.75, 3.05) is 0 Å². The largest absolute Gasteiger partial charge is 0.508 e. The molecule has 2 rings (SSSR count). The van der Waals surface area contributed by atoms with Crippen molar-refractivity contribution >= 4 is 11.6 Å². The summed E-state index contributed by atoms with van der Waals surface area (Å²) in [7, 11) is 0. The maximum absolute atomic E-state index is 12.1. The number of aromatic nitrogens is 2. The molecule has 8 heteroatoms. The lowest BCUT2D eigenvalue weighted by molar-refractivity contribution is -0.384. The number of nitro benzene ring substituents is 1. The van der Waals surface area contributed by atoms with Gasteiger partial charge in [0, 0.05) is 30.4 Å². The van der Waals surface area contributed by atoms with Crippen molar-refractivity contribution in [3.8, 4) is 5.75 Å². The monoisotopic (exact) mass is 318 g/mol. The van der Waals surface area contributed by atoms with Gasteiger partial charge in [-0.25, -0.2) is 0 Å². The third-order valence-corrected chi connectivity index (χ3v) is 3.25. The average molecular weight is 318 g/mol.